The van der Waals surface area contributed by atoms with Crippen LogP contribution < -0.4 is 91.2 Å². The van der Waals surface area contributed by atoms with Gasteiger partial charge in [0.2, 0.25) is 0 Å². The van der Waals surface area contributed by atoms with Gasteiger partial charge in [0.1, 0.15) is 0 Å². The van der Waals surface area contributed by atoms with Crippen molar-refractivity contribution in [2.75, 3.05) is 6.61 Å². The Kier molecular flexibility index (Phi) is 48.7. The first-order valence-electron chi connectivity index (χ1n) is 3.39. The van der Waals surface area contributed by atoms with Gasteiger partial charge in [-0.15, -0.1) is 12.7 Å². The largest absolute Gasteiger partial charge is 1.00 e. The van der Waals surface area contributed by atoms with Gasteiger partial charge >= 0.3 is 80.9 Å². The topological polar surface area (TPSA) is 46.1 Å². The average molecular weight is 194 g/mol. The molecule has 58 valence electrons. The molecule has 0 heterocycles. The Morgan fingerprint density at radius 1 is 1.27 bits per heavy atom. The molecule has 0 saturated heterocycles. The van der Waals surface area contributed by atoms with E-state index in [0.29, 0.717) is 0 Å². The molecule has 2 nitrogen and oxygen atoms in total. The third-order valence-corrected chi connectivity index (χ3v) is 0.498. The minimum absolute atomic E-state index is 0. The molecule has 0 unspecified atom stereocenters. The fourth-order valence-electron chi connectivity index (χ4n) is 0.144. The summed E-state index contributed by atoms with van der Waals surface area (Å²) < 4.78 is 0. The van der Waals surface area contributed by atoms with Crippen molar-refractivity contribution < 1.29 is 91.2 Å². The molecule has 0 N–H and O–H groups in total. The van der Waals surface area contributed by atoms with Gasteiger partial charge in [-0.2, -0.15) is 0 Å². The molecule has 0 spiro atoms. The van der Waals surface area contributed by atoms with Crippen molar-refractivity contribution in [2.24, 2.45) is 0 Å². The molecule has 0 bridgehead atoms. The van der Waals surface area contributed by atoms with E-state index in [0.717, 1.165) is 12.8 Å². The monoisotopic (exact) mass is 194 g/mol. The Balaban J connectivity index is -0.0000000383. The van der Waals surface area contributed by atoms with E-state index in [1.807, 2.05) is 6.92 Å². The molecule has 0 radical (unpaired) electrons. The van der Waals surface area contributed by atoms with Crippen LogP contribution in [0.5, 0.6) is 0 Å². The fraction of sp³-hybridized carbons (Fsp3) is 1.00. The third-order valence-electron chi connectivity index (χ3n) is 0.498. The number of unbranched alkanes of at least 4 members (excludes halogenated alkanes) is 1. The first-order valence-corrected chi connectivity index (χ1v) is 3.39. The van der Waals surface area contributed by atoms with Crippen molar-refractivity contribution in [1.82, 2.24) is 0 Å². The molecule has 11 heavy (non-hydrogen) atoms. The van der Waals surface area contributed by atoms with Crippen LogP contribution in [0.2, 0.25) is 0 Å². The van der Waals surface area contributed by atoms with Crippen LogP contribution in [0, 0.1) is 0 Å². The minimum Gasteiger partial charge on any atom is -0.854 e. The van der Waals surface area contributed by atoms with Crippen molar-refractivity contribution >= 4 is 0 Å². The van der Waals surface area contributed by atoms with E-state index < -0.39 is 6.10 Å². The number of rotatable bonds is 2. The maximum atomic E-state index is 9.53. The molecule has 0 saturated carbocycles. The molecule has 0 aromatic rings. The van der Waals surface area contributed by atoms with Crippen LogP contribution in [0.25, 0.3) is 0 Å². The van der Waals surface area contributed by atoms with Crippen molar-refractivity contribution in [1.29, 1.82) is 0 Å². The van der Waals surface area contributed by atoms with Crippen LogP contribution in [0.15, 0.2) is 0 Å². The maximum Gasteiger partial charge on any atom is 1.00 e. The molecule has 0 aromatic heterocycles. The quantitative estimate of drug-likeness (QED) is 0.411. The van der Waals surface area contributed by atoms with Gasteiger partial charge in [-0.1, -0.05) is 33.6 Å². The van der Waals surface area contributed by atoms with Gasteiger partial charge in [-0.3, -0.25) is 0 Å². The van der Waals surface area contributed by atoms with Crippen molar-refractivity contribution in [3.8, 4) is 0 Å². The van der Waals surface area contributed by atoms with Gasteiger partial charge in [-0.25, -0.2) is 0 Å². The molecule has 0 atom stereocenters. The molecule has 0 rings (SSSR count). The van der Waals surface area contributed by atoms with Gasteiger partial charge in [0.15, 0.2) is 0 Å². The summed E-state index contributed by atoms with van der Waals surface area (Å²) in [5.74, 6) is 0. The zero-order chi connectivity index (χ0) is 7.70. The zero-order valence-electron chi connectivity index (χ0n) is 8.52. The van der Waals surface area contributed by atoms with E-state index in [1.54, 1.807) is 13.8 Å². The van der Waals surface area contributed by atoms with Crippen LogP contribution >= 0.6 is 0 Å². The molecule has 0 aliphatic heterocycles. The Hall–Kier alpha value is 2.56. The SMILES string of the molecule is CC(C)[O-].CCCC[O-].[K+].[Na+]. The fourth-order valence-corrected chi connectivity index (χ4v) is 0.144. The van der Waals surface area contributed by atoms with E-state index >= 15 is 0 Å². The summed E-state index contributed by atoms with van der Waals surface area (Å²) in [7, 11) is 0. The summed E-state index contributed by atoms with van der Waals surface area (Å²) in [6.45, 7) is 5.33. The molecule has 0 amide bonds. The van der Waals surface area contributed by atoms with Gasteiger partial charge in [0.05, 0.1) is 0 Å². The predicted octanol–water partition coefficient (Wildman–Crippen LogP) is -6.09. The number of hydrogen-bond donors (Lipinski definition) is 0. The van der Waals surface area contributed by atoms with E-state index in [-0.39, 0.29) is 87.5 Å². The Morgan fingerprint density at radius 3 is 1.55 bits per heavy atom. The average Bonchev–Trinajstić information content (AvgIpc) is 1.66. The summed E-state index contributed by atoms with van der Waals surface area (Å²) in [5.41, 5.74) is 0. The molecule has 4 heteroatoms. The summed E-state index contributed by atoms with van der Waals surface area (Å²) in [6.07, 6.45) is 1.45. The van der Waals surface area contributed by atoms with Crippen LogP contribution in [0.3, 0.4) is 0 Å². The molecular formula is C7H16KNaO2. The minimum atomic E-state index is -0.417. The summed E-state index contributed by atoms with van der Waals surface area (Å²) in [5, 5.41) is 19.1. The standard InChI is InChI=1S/C4H9O.C3H7O.K.Na/c1-2-3-4-5;1-3(2)4;;/h2-4H2,1H3;3H,1-2H3;;/q2*-1;2*+1. The van der Waals surface area contributed by atoms with Crippen LogP contribution in [0.1, 0.15) is 33.6 Å². The van der Waals surface area contributed by atoms with Crippen molar-refractivity contribution in [2.45, 2.75) is 39.7 Å². The van der Waals surface area contributed by atoms with E-state index in [4.69, 9.17) is 0 Å². The Labute approximate surface area is 135 Å². The molecular weight excluding hydrogens is 178 g/mol. The van der Waals surface area contributed by atoms with Crippen LogP contribution in [-0.2, 0) is 0 Å². The van der Waals surface area contributed by atoms with Gasteiger partial charge in [-0.05, 0) is 0 Å². The second kappa shape index (κ2) is 22.9. The second-order valence-electron chi connectivity index (χ2n) is 2.11. The third kappa shape index (κ3) is 67.4. The Morgan fingerprint density at radius 2 is 1.55 bits per heavy atom. The molecule has 0 fully saturated rings. The second-order valence-corrected chi connectivity index (χ2v) is 2.11. The van der Waals surface area contributed by atoms with Gasteiger partial charge in [0.25, 0.3) is 0 Å². The zero-order valence-corrected chi connectivity index (χ0v) is 13.6. The Bertz CT molecular complexity index is 40.7. The van der Waals surface area contributed by atoms with Crippen molar-refractivity contribution in [3.63, 3.8) is 0 Å². The van der Waals surface area contributed by atoms with E-state index in [2.05, 4.69) is 0 Å². The van der Waals surface area contributed by atoms with E-state index in [9.17, 15) is 10.2 Å². The predicted molar refractivity (Wildman–Crippen MR) is 34.9 cm³/mol. The molecule has 0 aromatic carbocycles. The summed E-state index contributed by atoms with van der Waals surface area (Å²) in [6, 6.07) is 0. The number of hydrogen-bond acceptors (Lipinski definition) is 2. The van der Waals surface area contributed by atoms with Crippen LogP contribution in [0.4, 0.5) is 0 Å². The normalized spacial score (nSPS) is 7.09. The van der Waals surface area contributed by atoms with E-state index in [1.165, 1.54) is 0 Å². The first kappa shape index (κ1) is 23.4. The summed E-state index contributed by atoms with van der Waals surface area (Å²) >= 11 is 0. The van der Waals surface area contributed by atoms with Crippen LogP contribution in [-0.4, -0.2) is 12.7 Å². The molecule has 0 aliphatic rings. The maximum absolute atomic E-state index is 9.53. The summed E-state index contributed by atoms with van der Waals surface area (Å²) in [4.78, 5) is 0. The van der Waals surface area contributed by atoms with Crippen molar-refractivity contribution in [3.05, 3.63) is 0 Å². The smallest absolute Gasteiger partial charge is 0.854 e. The molecule has 0 aliphatic carbocycles. The van der Waals surface area contributed by atoms with Gasteiger partial charge < -0.3 is 10.2 Å². The first-order chi connectivity index (χ1) is 4.15. The van der Waals surface area contributed by atoms with Gasteiger partial charge in [0, 0.05) is 0 Å².